The number of rotatable bonds is 2. The topological polar surface area (TPSA) is 62.0 Å². The predicted molar refractivity (Wildman–Crippen MR) is 69.1 cm³/mol. The molecule has 2 aliphatic carbocycles. The van der Waals surface area contributed by atoms with Gasteiger partial charge in [0.15, 0.2) is 0 Å². The average molecular weight is 238 g/mol. The zero-order chi connectivity index (χ0) is 12.5. The molecule has 88 valence electrons. The van der Waals surface area contributed by atoms with E-state index in [-0.39, 0.29) is 11.5 Å². The minimum atomic E-state index is -0.195. The minimum Gasteiger partial charge on any atom is -0.327 e. The Balaban J connectivity index is 1.85. The molecule has 0 radical (unpaired) electrons. The Bertz CT molecular complexity index is 682. The molecule has 3 rings (SSSR count). The van der Waals surface area contributed by atoms with E-state index in [1.54, 1.807) is 12.1 Å². The molecule has 18 heavy (non-hydrogen) atoms. The summed E-state index contributed by atoms with van der Waals surface area (Å²) in [6.45, 7) is 0. The Hall–Kier alpha value is -2.62. The van der Waals surface area contributed by atoms with Gasteiger partial charge >= 0.3 is 0 Å². The van der Waals surface area contributed by atoms with Crippen molar-refractivity contribution in [3.63, 3.8) is 0 Å². The number of aromatic nitrogens is 1. The van der Waals surface area contributed by atoms with Gasteiger partial charge < -0.3 is 10.3 Å². The van der Waals surface area contributed by atoms with E-state index in [1.165, 1.54) is 12.3 Å². The first-order valence-corrected chi connectivity index (χ1v) is 5.55. The Morgan fingerprint density at radius 1 is 1.17 bits per heavy atom. The number of carbonyl (C=O) groups excluding carboxylic acids is 1. The molecule has 1 aromatic heterocycles. The lowest BCUT2D eigenvalue weighted by molar-refractivity contribution is -0.112. The van der Waals surface area contributed by atoms with E-state index in [0.717, 1.165) is 11.1 Å². The van der Waals surface area contributed by atoms with Crippen molar-refractivity contribution in [1.82, 2.24) is 4.98 Å². The van der Waals surface area contributed by atoms with Gasteiger partial charge in [-0.1, -0.05) is 24.3 Å². The summed E-state index contributed by atoms with van der Waals surface area (Å²) in [4.78, 5) is 25.5. The highest BCUT2D eigenvalue weighted by molar-refractivity contribution is 6.08. The third-order valence-corrected chi connectivity index (χ3v) is 2.86. The molecule has 2 aliphatic rings. The lowest BCUT2D eigenvalue weighted by Gasteiger charge is -2.05. The van der Waals surface area contributed by atoms with E-state index in [1.807, 2.05) is 24.3 Å². The summed E-state index contributed by atoms with van der Waals surface area (Å²) in [6, 6.07) is 2.95. The lowest BCUT2D eigenvalue weighted by atomic mass is 10.1. The zero-order valence-electron chi connectivity index (χ0n) is 9.44. The van der Waals surface area contributed by atoms with Gasteiger partial charge in [-0.3, -0.25) is 9.59 Å². The molecule has 0 saturated carbocycles. The van der Waals surface area contributed by atoms with Crippen LogP contribution in [0, 0.1) is 0 Å². The molecule has 0 aliphatic heterocycles. The highest BCUT2D eigenvalue weighted by Gasteiger charge is 2.20. The van der Waals surface area contributed by atoms with Crippen LogP contribution in [0.25, 0.3) is 0 Å². The van der Waals surface area contributed by atoms with E-state index in [4.69, 9.17) is 0 Å². The quantitative estimate of drug-likeness (QED) is 0.823. The molecule has 1 aromatic rings. The normalized spacial score (nSPS) is 15.9. The van der Waals surface area contributed by atoms with Crippen molar-refractivity contribution in [2.45, 2.75) is 0 Å². The van der Waals surface area contributed by atoms with Crippen LogP contribution in [0.2, 0.25) is 0 Å². The molecule has 4 heteroatoms. The zero-order valence-corrected chi connectivity index (χ0v) is 9.44. The molecule has 4 nitrogen and oxygen atoms in total. The Labute approximate surface area is 103 Å². The first-order chi connectivity index (χ1) is 8.74. The SMILES string of the molecule is O=C(Nc1ccc(=O)[nH]c1)C1=C2C=CC=C2C=C1. The molecule has 0 saturated heterocycles. The predicted octanol–water partition coefficient (Wildman–Crippen LogP) is 1.68. The fourth-order valence-corrected chi connectivity index (χ4v) is 1.97. The van der Waals surface area contributed by atoms with Crippen molar-refractivity contribution >= 4 is 11.6 Å². The number of nitrogens with one attached hydrogen (secondary N) is 2. The van der Waals surface area contributed by atoms with Crippen LogP contribution in [0.1, 0.15) is 0 Å². The van der Waals surface area contributed by atoms with Gasteiger partial charge in [0.2, 0.25) is 5.56 Å². The third kappa shape index (κ3) is 1.73. The fraction of sp³-hybridized carbons (Fsp3) is 0. The van der Waals surface area contributed by atoms with Crippen molar-refractivity contribution in [3.8, 4) is 0 Å². The highest BCUT2D eigenvalue weighted by Crippen LogP contribution is 2.30. The van der Waals surface area contributed by atoms with Crippen LogP contribution in [0.5, 0.6) is 0 Å². The lowest BCUT2D eigenvalue weighted by Crippen LogP contribution is -2.15. The van der Waals surface area contributed by atoms with Gasteiger partial charge in [0.25, 0.3) is 5.91 Å². The number of aromatic amines is 1. The van der Waals surface area contributed by atoms with E-state index in [9.17, 15) is 9.59 Å². The maximum absolute atomic E-state index is 12.1. The van der Waals surface area contributed by atoms with Crippen LogP contribution in [0.4, 0.5) is 5.69 Å². The second kappa shape index (κ2) is 4.00. The van der Waals surface area contributed by atoms with E-state index in [0.29, 0.717) is 11.3 Å². The van der Waals surface area contributed by atoms with Gasteiger partial charge in [-0.05, 0) is 23.3 Å². The monoisotopic (exact) mass is 238 g/mol. The van der Waals surface area contributed by atoms with Gasteiger partial charge in [-0.25, -0.2) is 0 Å². The van der Waals surface area contributed by atoms with Crippen LogP contribution >= 0.6 is 0 Å². The summed E-state index contributed by atoms with van der Waals surface area (Å²) in [5.41, 5.74) is 3.01. The summed E-state index contributed by atoms with van der Waals surface area (Å²) in [5.74, 6) is -0.178. The number of carbonyl (C=O) groups is 1. The number of allylic oxidation sites excluding steroid dienone is 6. The molecule has 0 fully saturated rings. The van der Waals surface area contributed by atoms with Crippen molar-refractivity contribution in [3.05, 3.63) is 75.8 Å². The molecular formula is C14H10N2O2. The summed E-state index contributed by atoms with van der Waals surface area (Å²) < 4.78 is 0. The highest BCUT2D eigenvalue weighted by atomic mass is 16.1. The Kier molecular flexibility index (Phi) is 2.34. The van der Waals surface area contributed by atoms with Crippen molar-refractivity contribution in [2.24, 2.45) is 0 Å². The number of amides is 1. The van der Waals surface area contributed by atoms with Crippen molar-refractivity contribution in [1.29, 1.82) is 0 Å². The molecule has 0 spiro atoms. The molecule has 2 N–H and O–H groups in total. The second-order valence-corrected chi connectivity index (χ2v) is 4.04. The van der Waals surface area contributed by atoms with Crippen LogP contribution < -0.4 is 10.9 Å². The molecule has 0 unspecified atom stereocenters. The molecule has 1 amide bonds. The van der Waals surface area contributed by atoms with Gasteiger partial charge in [-0.15, -0.1) is 0 Å². The maximum atomic E-state index is 12.1. The van der Waals surface area contributed by atoms with Crippen molar-refractivity contribution < 1.29 is 4.79 Å². The Morgan fingerprint density at radius 3 is 2.83 bits per heavy atom. The molecule has 1 heterocycles. The number of fused-ring (bicyclic) bond motifs is 1. The number of anilines is 1. The standard InChI is InChI=1S/C14H10N2O2/c17-13-7-5-10(8-15-13)16-14(18)12-6-4-9-2-1-3-11(9)12/h1-8H,(H,15,17)(H,16,18). The van der Waals surface area contributed by atoms with Gasteiger partial charge in [0, 0.05) is 17.8 Å². The number of pyridine rings is 1. The van der Waals surface area contributed by atoms with Crippen molar-refractivity contribution in [2.75, 3.05) is 5.32 Å². The number of H-pyrrole nitrogens is 1. The fourth-order valence-electron chi connectivity index (χ4n) is 1.97. The van der Waals surface area contributed by atoms with E-state index >= 15 is 0 Å². The minimum absolute atomic E-state index is 0.178. The van der Waals surface area contributed by atoms with E-state index < -0.39 is 0 Å². The van der Waals surface area contributed by atoms with Crippen LogP contribution in [-0.2, 0) is 4.79 Å². The maximum Gasteiger partial charge on any atom is 0.256 e. The number of hydrogen-bond acceptors (Lipinski definition) is 2. The van der Waals surface area contributed by atoms with Crippen LogP contribution in [0.3, 0.4) is 0 Å². The third-order valence-electron chi connectivity index (χ3n) is 2.86. The van der Waals surface area contributed by atoms with Crippen LogP contribution in [0.15, 0.2) is 70.2 Å². The second-order valence-electron chi connectivity index (χ2n) is 4.04. The average Bonchev–Trinajstić information content (AvgIpc) is 2.93. The summed E-state index contributed by atoms with van der Waals surface area (Å²) >= 11 is 0. The molecule has 0 aromatic carbocycles. The van der Waals surface area contributed by atoms with Crippen LogP contribution in [-0.4, -0.2) is 10.9 Å². The summed E-state index contributed by atoms with van der Waals surface area (Å²) in [6.07, 6.45) is 11.0. The van der Waals surface area contributed by atoms with Gasteiger partial charge in [-0.2, -0.15) is 0 Å². The first kappa shape index (κ1) is 10.5. The van der Waals surface area contributed by atoms with Gasteiger partial charge in [0.05, 0.1) is 5.69 Å². The first-order valence-electron chi connectivity index (χ1n) is 5.55. The van der Waals surface area contributed by atoms with Gasteiger partial charge in [0.1, 0.15) is 0 Å². The smallest absolute Gasteiger partial charge is 0.256 e. The molecule has 0 bridgehead atoms. The summed E-state index contributed by atoms with van der Waals surface area (Å²) in [5, 5.41) is 2.74. The Morgan fingerprint density at radius 2 is 2.06 bits per heavy atom. The summed E-state index contributed by atoms with van der Waals surface area (Å²) in [7, 11) is 0. The number of hydrogen-bond donors (Lipinski definition) is 2. The largest absolute Gasteiger partial charge is 0.327 e. The van der Waals surface area contributed by atoms with E-state index in [2.05, 4.69) is 10.3 Å². The molecular weight excluding hydrogens is 228 g/mol. The molecule has 0 atom stereocenters.